The number of nitrogens with zero attached hydrogens (tertiary/aromatic N) is 2. The Morgan fingerprint density at radius 3 is 2.23 bits per heavy atom. The maximum absolute atomic E-state index is 12.5. The highest BCUT2D eigenvalue weighted by Crippen LogP contribution is 2.31. The highest BCUT2D eigenvalue weighted by atomic mass is 19.4. The largest absolute Gasteiger partial charge is 0.414 e. The number of carbonyl (C=O) groups excluding carboxylic acids is 1. The summed E-state index contributed by atoms with van der Waals surface area (Å²) in [4.78, 5) is 16.0. The molecule has 0 spiro atoms. The Labute approximate surface area is 129 Å². The highest BCUT2D eigenvalue weighted by Gasteiger charge is 2.44. The third kappa shape index (κ3) is 4.84. The summed E-state index contributed by atoms with van der Waals surface area (Å²) in [6, 6.07) is 0. The van der Waals surface area contributed by atoms with E-state index < -0.39 is 18.2 Å². The fourth-order valence-corrected chi connectivity index (χ4v) is 3.31. The quantitative estimate of drug-likeness (QED) is 0.861. The van der Waals surface area contributed by atoms with E-state index in [2.05, 4.69) is 0 Å². The molecule has 2 heterocycles. The number of rotatable bonds is 4. The van der Waals surface area contributed by atoms with Gasteiger partial charge in [0.25, 0.3) is 0 Å². The number of amides is 1. The number of hydrogen-bond donors (Lipinski definition) is 1. The van der Waals surface area contributed by atoms with Crippen molar-refractivity contribution in [2.75, 3.05) is 32.7 Å². The van der Waals surface area contributed by atoms with E-state index in [4.69, 9.17) is 0 Å². The molecule has 0 aromatic heterocycles. The SMILES string of the molecule is O=C(CCN1CCC(C(O)C(F)(F)F)CC1)N1CCCCC1. The van der Waals surface area contributed by atoms with Gasteiger partial charge in [0.15, 0.2) is 6.10 Å². The van der Waals surface area contributed by atoms with Crippen molar-refractivity contribution in [1.29, 1.82) is 0 Å². The minimum atomic E-state index is -4.53. The van der Waals surface area contributed by atoms with Crippen molar-refractivity contribution < 1.29 is 23.1 Å². The Morgan fingerprint density at radius 2 is 1.68 bits per heavy atom. The molecular formula is C15H25F3N2O2. The van der Waals surface area contributed by atoms with Crippen LogP contribution in [0.5, 0.6) is 0 Å². The first-order valence-corrected chi connectivity index (χ1v) is 8.13. The molecule has 0 aromatic carbocycles. The molecular weight excluding hydrogens is 297 g/mol. The summed E-state index contributed by atoms with van der Waals surface area (Å²) in [5.74, 6) is -0.564. The average molecular weight is 322 g/mol. The van der Waals surface area contributed by atoms with Gasteiger partial charge in [-0.2, -0.15) is 13.2 Å². The van der Waals surface area contributed by atoms with Crippen LogP contribution in [0.25, 0.3) is 0 Å². The number of likely N-dealkylation sites (tertiary alicyclic amines) is 2. The molecule has 0 bridgehead atoms. The Morgan fingerprint density at radius 1 is 1.09 bits per heavy atom. The summed E-state index contributed by atoms with van der Waals surface area (Å²) in [7, 11) is 0. The maximum atomic E-state index is 12.5. The molecule has 7 heteroatoms. The van der Waals surface area contributed by atoms with Crippen molar-refractivity contribution in [2.45, 2.75) is 50.8 Å². The lowest BCUT2D eigenvalue weighted by molar-refractivity contribution is -0.223. The number of halogens is 3. The minimum Gasteiger partial charge on any atom is -0.383 e. The smallest absolute Gasteiger partial charge is 0.383 e. The minimum absolute atomic E-state index is 0.150. The predicted octanol–water partition coefficient (Wildman–Crippen LogP) is 2.02. The fourth-order valence-electron chi connectivity index (χ4n) is 3.31. The number of piperidine rings is 2. The first-order valence-electron chi connectivity index (χ1n) is 8.13. The van der Waals surface area contributed by atoms with E-state index in [1.54, 1.807) is 0 Å². The number of alkyl halides is 3. The van der Waals surface area contributed by atoms with Gasteiger partial charge in [-0.1, -0.05) is 0 Å². The van der Waals surface area contributed by atoms with Gasteiger partial charge in [-0.3, -0.25) is 4.79 Å². The zero-order valence-corrected chi connectivity index (χ0v) is 12.8. The van der Waals surface area contributed by atoms with Crippen LogP contribution in [-0.4, -0.2) is 65.8 Å². The summed E-state index contributed by atoms with van der Waals surface area (Å²) < 4.78 is 37.4. The molecule has 1 N–H and O–H groups in total. The van der Waals surface area contributed by atoms with Crippen LogP contribution in [-0.2, 0) is 4.79 Å². The molecule has 1 unspecified atom stereocenters. The van der Waals surface area contributed by atoms with Gasteiger partial charge in [0.2, 0.25) is 5.91 Å². The second-order valence-corrected chi connectivity index (χ2v) is 6.36. The number of hydrogen-bond acceptors (Lipinski definition) is 3. The van der Waals surface area contributed by atoms with E-state index in [0.717, 1.165) is 25.9 Å². The third-order valence-electron chi connectivity index (χ3n) is 4.76. The van der Waals surface area contributed by atoms with E-state index in [9.17, 15) is 23.1 Å². The molecule has 0 radical (unpaired) electrons. The second-order valence-electron chi connectivity index (χ2n) is 6.36. The van der Waals surface area contributed by atoms with E-state index in [1.807, 2.05) is 9.80 Å². The van der Waals surface area contributed by atoms with Crippen molar-refractivity contribution in [2.24, 2.45) is 5.92 Å². The zero-order valence-electron chi connectivity index (χ0n) is 12.8. The van der Waals surface area contributed by atoms with Crippen molar-refractivity contribution in [3.05, 3.63) is 0 Å². The molecule has 2 aliphatic rings. The van der Waals surface area contributed by atoms with Gasteiger partial charge in [0, 0.05) is 26.1 Å². The first kappa shape index (κ1) is 17.5. The van der Waals surface area contributed by atoms with E-state index >= 15 is 0 Å². The van der Waals surface area contributed by atoms with Gasteiger partial charge >= 0.3 is 6.18 Å². The number of carbonyl (C=O) groups is 1. The van der Waals surface area contributed by atoms with Gasteiger partial charge in [-0.25, -0.2) is 0 Å². The molecule has 0 saturated carbocycles. The number of aliphatic hydroxyl groups excluding tert-OH is 1. The topological polar surface area (TPSA) is 43.8 Å². The molecule has 4 nitrogen and oxygen atoms in total. The molecule has 1 amide bonds. The van der Waals surface area contributed by atoms with Crippen LogP contribution in [0.1, 0.15) is 38.5 Å². The summed E-state index contributed by atoms with van der Waals surface area (Å²) in [5, 5.41) is 9.28. The molecule has 2 aliphatic heterocycles. The van der Waals surface area contributed by atoms with Crippen molar-refractivity contribution >= 4 is 5.91 Å². The summed E-state index contributed by atoms with van der Waals surface area (Å²) in [6.07, 6.45) is -2.34. The summed E-state index contributed by atoms with van der Waals surface area (Å²) in [6.45, 7) is 3.30. The van der Waals surface area contributed by atoms with Crippen LogP contribution in [0.3, 0.4) is 0 Å². The third-order valence-corrected chi connectivity index (χ3v) is 4.76. The van der Waals surface area contributed by atoms with Gasteiger partial charge in [-0.05, 0) is 51.1 Å². The molecule has 2 rings (SSSR count). The standard InChI is InChI=1S/C15H25F3N2O2/c16-15(17,18)14(22)12-4-9-19(10-5-12)11-6-13(21)20-7-2-1-3-8-20/h12,14,22H,1-11H2. The molecule has 2 saturated heterocycles. The van der Waals surface area contributed by atoms with Crippen molar-refractivity contribution in [1.82, 2.24) is 9.80 Å². The highest BCUT2D eigenvalue weighted by molar-refractivity contribution is 5.76. The van der Waals surface area contributed by atoms with Gasteiger partial charge < -0.3 is 14.9 Å². The van der Waals surface area contributed by atoms with Crippen LogP contribution in [0, 0.1) is 5.92 Å². The maximum Gasteiger partial charge on any atom is 0.414 e. The molecule has 1 atom stereocenters. The van der Waals surface area contributed by atoms with Gasteiger partial charge in [-0.15, -0.1) is 0 Å². The molecule has 0 aromatic rings. The lowest BCUT2D eigenvalue weighted by atomic mass is 9.91. The van der Waals surface area contributed by atoms with E-state index in [1.165, 1.54) is 6.42 Å². The monoisotopic (exact) mass is 322 g/mol. The second kappa shape index (κ2) is 7.64. The van der Waals surface area contributed by atoms with Crippen LogP contribution in [0.4, 0.5) is 13.2 Å². The summed E-state index contributed by atoms with van der Waals surface area (Å²) >= 11 is 0. The molecule has 0 aliphatic carbocycles. The summed E-state index contributed by atoms with van der Waals surface area (Å²) in [5.41, 5.74) is 0. The first-order chi connectivity index (χ1) is 10.4. The average Bonchev–Trinajstić information content (AvgIpc) is 2.52. The van der Waals surface area contributed by atoms with Crippen molar-refractivity contribution in [3.8, 4) is 0 Å². The Bertz CT molecular complexity index is 362. The zero-order chi connectivity index (χ0) is 16.2. The van der Waals surface area contributed by atoms with Crippen LogP contribution >= 0.6 is 0 Å². The fraction of sp³-hybridized carbons (Fsp3) is 0.933. The Balaban J connectivity index is 1.68. The number of aliphatic hydroxyl groups is 1. The van der Waals surface area contributed by atoms with Crippen LogP contribution in [0.2, 0.25) is 0 Å². The molecule has 128 valence electrons. The van der Waals surface area contributed by atoms with Crippen molar-refractivity contribution in [3.63, 3.8) is 0 Å². The van der Waals surface area contributed by atoms with E-state index in [0.29, 0.717) is 38.9 Å². The lowest BCUT2D eigenvalue weighted by Gasteiger charge is -2.35. The predicted molar refractivity (Wildman–Crippen MR) is 76.3 cm³/mol. The molecule has 2 fully saturated rings. The normalized spacial score (nSPS) is 23.5. The Kier molecular flexibility index (Phi) is 6.09. The van der Waals surface area contributed by atoms with Gasteiger partial charge in [0.05, 0.1) is 0 Å². The van der Waals surface area contributed by atoms with Crippen LogP contribution < -0.4 is 0 Å². The van der Waals surface area contributed by atoms with Gasteiger partial charge in [0.1, 0.15) is 0 Å². The molecule has 22 heavy (non-hydrogen) atoms. The lowest BCUT2D eigenvalue weighted by Crippen LogP contribution is -2.44. The van der Waals surface area contributed by atoms with E-state index in [-0.39, 0.29) is 5.91 Å². The van der Waals surface area contributed by atoms with Crippen LogP contribution in [0.15, 0.2) is 0 Å². The Hall–Kier alpha value is -0.820.